The first kappa shape index (κ1) is 20.4. The minimum absolute atomic E-state index is 0.534. The van der Waals surface area contributed by atoms with Gasteiger partial charge in [0.15, 0.2) is 5.82 Å². The van der Waals surface area contributed by atoms with Crippen molar-refractivity contribution < 1.29 is 0 Å². The molecule has 0 saturated heterocycles. The van der Waals surface area contributed by atoms with Crippen molar-refractivity contribution in [3.63, 3.8) is 0 Å². The average molecular weight is 420 g/mol. The van der Waals surface area contributed by atoms with Gasteiger partial charge in [-0.3, -0.25) is 4.99 Å². The molecule has 1 aliphatic rings. The van der Waals surface area contributed by atoms with Gasteiger partial charge in [-0.25, -0.2) is 9.97 Å². The zero-order chi connectivity index (χ0) is 19.9. The average Bonchev–Trinajstić information content (AvgIpc) is 2.70. The number of rotatable bonds is 6. The fourth-order valence-electron chi connectivity index (χ4n) is 2.96. The van der Waals surface area contributed by atoms with E-state index < -0.39 is 0 Å². The number of hydrogen-bond acceptors (Lipinski definition) is 6. The van der Waals surface area contributed by atoms with E-state index in [1.54, 1.807) is 25.3 Å². The number of halogens is 2. The Morgan fingerprint density at radius 2 is 2.18 bits per heavy atom. The third-order valence-electron chi connectivity index (χ3n) is 4.32. The Hall–Kier alpha value is -2.35. The van der Waals surface area contributed by atoms with Gasteiger partial charge in [-0.1, -0.05) is 23.2 Å². The monoisotopic (exact) mass is 419 g/mol. The van der Waals surface area contributed by atoms with Crippen LogP contribution >= 0.6 is 23.2 Å². The molecule has 0 unspecified atom stereocenters. The second-order valence-corrected chi connectivity index (χ2v) is 7.04. The van der Waals surface area contributed by atoms with Gasteiger partial charge in [0.25, 0.3) is 0 Å². The summed E-state index contributed by atoms with van der Waals surface area (Å²) in [5.41, 5.74) is 8.30. The van der Waals surface area contributed by atoms with Crippen LogP contribution in [0.3, 0.4) is 0 Å². The molecule has 0 radical (unpaired) electrons. The molecule has 0 saturated carbocycles. The highest BCUT2D eigenvalue weighted by molar-refractivity contribution is 6.36. The van der Waals surface area contributed by atoms with Gasteiger partial charge in [0.2, 0.25) is 0 Å². The highest BCUT2D eigenvalue weighted by atomic mass is 35.5. The lowest BCUT2D eigenvalue weighted by atomic mass is 10.1. The van der Waals surface area contributed by atoms with E-state index in [9.17, 15) is 0 Å². The van der Waals surface area contributed by atoms with Crippen molar-refractivity contribution in [3.8, 4) is 11.4 Å². The quantitative estimate of drug-likeness (QED) is 0.326. The minimum atomic E-state index is 0.534. The van der Waals surface area contributed by atoms with Crippen LogP contribution in [0.1, 0.15) is 11.3 Å². The molecule has 9 heteroatoms. The third kappa shape index (κ3) is 4.92. The van der Waals surface area contributed by atoms with Crippen LogP contribution in [0.25, 0.3) is 11.4 Å². The molecule has 0 spiro atoms. The Bertz CT molecular complexity index is 896. The second kappa shape index (κ2) is 9.73. The number of anilines is 1. The fourth-order valence-corrected chi connectivity index (χ4v) is 3.45. The number of nitrogens with one attached hydrogen (secondary N) is 3. The summed E-state index contributed by atoms with van der Waals surface area (Å²) in [5, 5.41) is 11.1. The van der Waals surface area contributed by atoms with Crippen molar-refractivity contribution in [1.29, 1.82) is 0 Å². The van der Waals surface area contributed by atoms with Gasteiger partial charge in [0.1, 0.15) is 11.7 Å². The van der Waals surface area contributed by atoms with E-state index in [1.807, 2.05) is 6.07 Å². The van der Waals surface area contributed by atoms with Crippen molar-refractivity contribution in [3.05, 3.63) is 51.8 Å². The molecule has 0 amide bonds. The number of nitrogens with two attached hydrogens (primary N) is 1. The smallest absolute Gasteiger partial charge is 0.163 e. The molecule has 0 fully saturated rings. The summed E-state index contributed by atoms with van der Waals surface area (Å²) in [5.74, 6) is 2.13. The number of hydrogen-bond donors (Lipinski definition) is 4. The van der Waals surface area contributed by atoms with Crippen LogP contribution in [0.2, 0.25) is 10.0 Å². The van der Waals surface area contributed by atoms with Crippen molar-refractivity contribution >= 4 is 34.9 Å². The summed E-state index contributed by atoms with van der Waals surface area (Å²) < 4.78 is 0. The number of benzene rings is 1. The normalized spacial score (nSPS) is 14.2. The molecule has 2 heterocycles. The van der Waals surface area contributed by atoms with Crippen molar-refractivity contribution in [2.45, 2.75) is 13.0 Å². The Labute approximate surface area is 174 Å². The maximum atomic E-state index is 6.37. The van der Waals surface area contributed by atoms with Gasteiger partial charge in [-0.15, -0.1) is 0 Å². The van der Waals surface area contributed by atoms with E-state index in [4.69, 9.17) is 38.9 Å². The lowest BCUT2D eigenvalue weighted by molar-refractivity contribution is 0.627. The zero-order valence-corrected chi connectivity index (χ0v) is 17.1. The number of nitrogens with zero attached hydrogens (tertiary/aromatic N) is 3. The first-order valence-electron chi connectivity index (χ1n) is 9.01. The predicted octanol–water partition coefficient (Wildman–Crippen LogP) is 2.60. The molecule has 148 valence electrons. The van der Waals surface area contributed by atoms with E-state index in [2.05, 4.69) is 20.9 Å². The lowest BCUT2D eigenvalue weighted by Crippen LogP contribution is -2.30. The minimum Gasteiger partial charge on any atom is -0.404 e. The van der Waals surface area contributed by atoms with Crippen molar-refractivity contribution in [1.82, 2.24) is 20.6 Å². The molecular weight excluding hydrogens is 397 g/mol. The van der Waals surface area contributed by atoms with Gasteiger partial charge in [0, 0.05) is 55.8 Å². The van der Waals surface area contributed by atoms with Gasteiger partial charge < -0.3 is 21.7 Å². The van der Waals surface area contributed by atoms with Crippen LogP contribution in [-0.2, 0) is 13.0 Å². The first-order chi connectivity index (χ1) is 13.6. The van der Waals surface area contributed by atoms with Gasteiger partial charge in [-0.05, 0) is 30.5 Å². The maximum absolute atomic E-state index is 6.37. The predicted molar refractivity (Wildman–Crippen MR) is 116 cm³/mol. The molecule has 0 atom stereocenters. The Kier molecular flexibility index (Phi) is 7.08. The molecular formula is C19H23Cl2N7. The highest BCUT2D eigenvalue weighted by Gasteiger charge is 2.19. The van der Waals surface area contributed by atoms with Crippen molar-refractivity contribution in [2.75, 3.05) is 32.0 Å². The number of aliphatic imine (C=N–C) groups is 1. The van der Waals surface area contributed by atoms with Crippen LogP contribution in [-0.4, -0.2) is 42.5 Å². The molecule has 1 aliphatic heterocycles. The number of aromatic nitrogens is 2. The first-order valence-corrected chi connectivity index (χ1v) is 9.76. The number of fused-ring (bicyclic) bond motifs is 1. The topological polar surface area (TPSA) is 100 Å². The van der Waals surface area contributed by atoms with Crippen molar-refractivity contribution in [2.24, 2.45) is 10.7 Å². The van der Waals surface area contributed by atoms with E-state index >= 15 is 0 Å². The molecule has 28 heavy (non-hydrogen) atoms. The summed E-state index contributed by atoms with van der Waals surface area (Å²) in [6, 6.07) is 5.35. The molecule has 0 aliphatic carbocycles. The van der Waals surface area contributed by atoms with E-state index in [1.165, 1.54) is 6.20 Å². The lowest BCUT2D eigenvalue weighted by Gasteiger charge is -2.21. The summed E-state index contributed by atoms with van der Waals surface area (Å²) in [7, 11) is 1.71. The standard InChI is InChI=1S/C19H23Cl2N7/c1-23-17(4-6-22)25-8-9-26-18-14-11-24-7-5-16(14)27-19(28-18)13-3-2-12(20)10-15(13)21/h2-4,6,10,24H,5,7-9,11,22H2,1H3,(H,23,25)(H,26,27,28). The van der Waals surface area contributed by atoms with Crippen LogP contribution in [0.5, 0.6) is 0 Å². The molecule has 1 aromatic heterocycles. The molecule has 5 N–H and O–H groups in total. The fraction of sp³-hybridized carbons (Fsp3) is 0.316. The largest absolute Gasteiger partial charge is 0.404 e. The second-order valence-electron chi connectivity index (χ2n) is 6.19. The summed E-state index contributed by atoms with van der Waals surface area (Å²) in [6.45, 7) is 2.95. The summed E-state index contributed by atoms with van der Waals surface area (Å²) in [6.07, 6.45) is 4.02. The zero-order valence-electron chi connectivity index (χ0n) is 15.6. The molecule has 7 nitrogen and oxygen atoms in total. The highest BCUT2D eigenvalue weighted by Crippen LogP contribution is 2.31. The van der Waals surface area contributed by atoms with E-state index in [0.29, 0.717) is 29.0 Å². The molecule has 3 rings (SSSR count). The molecule has 0 bridgehead atoms. The Morgan fingerprint density at radius 3 is 2.93 bits per heavy atom. The third-order valence-corrected chi connectivity index (χ3v) is 4.87. The SMILES string of the molecule is CN=C(C=CN)NCCNc1nc(-c2ccc(Cl)cc2Cl)nc2c1CNCC2. The van der Waals surface area contributed by atoms with Crippen LogP contribution < -0.4 is 21.7 Å². The summed E-state index contributed by atoms with van der Waals surface area (Å²) in [4.78, 5) is 13.6. The molecule has 1 aromatic carbocycles. The van der Waals surface area contributed by atoms with Gasteiger partial charge >= 0.3 is 0 Å². The van der Waals surface area contributed by atoms with Gasteiger partial charge in [-0.2, -0.15) is 0 Å². The summed E-state index contributed by atoms with van der Waals surface area (Å²) >= 11 is 12.4. The number of amidine groups is 1. The van der Waals surface area contributed by atoms with Crippen LogP contribution in [0.4, 0.5) is 5.82 Å². The van der Waals surface area contributed by atoms with E-state index in [0.717, 1.165) is 48.0 Å². The van der Waals surface area contributed by atoms with Gasteiger partial charge in [0.05, 0.1) is 10.7 Å². The Balaban J connectivity index is 1.81. The maximum Gasteiger partial charge on any atom is 0.163 e. The van der Waals surface area contributed by atoms with Crippen LogP contribution in [0, 0.1) is 0 Å². The molecule has 2 aromatic rings. The van der Waals surface area contributed by atoms with E-state index in [-0.39, 0.29) is 0 Å². The Morgan fingerprint density at radius 1 is 1.32 bits per heavy atom. The van der Waals surface area contributed by atoms with Crippen LogP contribution in [0.15, 0.2) is 35.5 Å².